The average molecular weight is 262 g/mol. The van der Waals surface area contributed by atoms with Gasteiger partial charge in [0.25, 0.3) is 0 Å². The van der Waals surface area contributed by atoms with Gasteiger partial charge in [0.2, 0.25) is 0 Å². The molecule has 1 heterocycles. The van der Waals surface area contributed by atoms with Crippen LogP contribution in [-0.2, 0) is 0 Å². The first-order valence-corrected chi connectivity index (χ1v) is 7.18. The molecule has 0 saturated carbocycles. The fourth-order valence-electron chi connectivity index (χ4n) is 2.80. The molecular formula is C15H22N2S. The molecule has 0 spiro atoms. The van der Waals surface area contributed by atoms with Gasteiger partial charge in [0.05, 0.1) is 4.99 Å². The minimum atomic E-state index is 0.361. The van der Waals surface area contributed by atoms with Crippen molar-refractivity contribution in [2.75, 3.05) is 13.1 Å². The molecule has 0 radical (unpaired) electrons. The van der Waals surface area contributed by atoms with E-state index in [9.17, 15) is 0 Å². The van der Waals surface area contributed by atoms with Gasteiger partial charge in [0.15, 0.2) is 0 Å². The minimum Gasteiger partial charge on any atom is -0.393 e. The van der Waals surface area contributed by atoms with Crippen molar-refractivity contribution < 1.29 is 0 Å². The third-order valence-electron chi connectivity index (χ3n) is 3.91. The van der Waals surface area contributed by atoms with Gasteiger partial charge in [-0.15, -0.1) is 0 Å². The molecule has 1 aromatic rings. The summed E-state index contributed by atoms with van der Waals surface area (Å²) in [6.45, 7) is 4.62. The standard InChI is InChI=1S/C15H22N2S/c1-2-12-8-9-17(11-12)14(10-15(16)18)13-6-4-3-5-7-13/h3-7,12,14H,2,8-11H2,1H3,(H2,16,18). The second-order valence-corrected chi connectivity index (χ2v) is 5.68. The molecule has 2 nitrogen and oxygen atoms in total. The molecule has 0 aromatic heterocycles. The lowest BCUT2D eigenvalue weighted by Gasteiger charge is -2.28. The van der Waals surface area contributed by atoms with E-state index >= 15 is 0 Å². The quantitative estimate of drug-likeness (QED) is 0.827. The monoisotopic (exact) mass is 262 g/mol. The summed E-state index contributed by atoms with van der Waals surface area (Å²) in [5.41, 5.74) is 7.11. The molecule has 1 aliphatic rings. The maximum atomic E-state index is 5.77. The molecule has 1 saturated heterocycles. The number of likely N-dealkylation sites (tertiary alicyclic amines) is 1. The highest BCUT2D eigenvalue weighted by Gasteiger charge is 2.28. The van der Waals surface area contributed by atoms with Gasteiger partial charge < -0.3 is 5.73 Å². The molecule has 1 aliphatic heterocycles. The van der Waals surface area contributed by atoms with Crippen molar-refractivity contribution in [2.24, 2.45) is 11.7 Å². The van der Waals surface area contributed by atoms with E-state index in [-0.39, 0.29) is 0 Å². The van der Waals surface area contributed by atoms with E-state index in [1.54, 1.807) is 0 Å². The summed E-state index contributed by atoms with van der Waals surface area (Å²) in [5, 5.41) is 0. The van der Waals surface area contributed by atoms with Crippen LogP contribution in [0.1, 0.15) is 37.8 Å². The molecule has 98 valence electrons. The lowest BCUT2D eigenvalue weighted by Crippen LogP contribution is -2.29. The Bertz CT molecular complexity index is 391. The highest BCUT2D eigenvalue weighted by Crippen LogP contribution is 2.31. The largest absolute Gasteiger partial charge is 0.393 e. The van der Waals surface area contributed by atoms with Crippen molar-refractivity contribution >= 4 is 17.2 Å². The Morgan fingerprint density at radius 2 is 2.17 bits per heavy atom. The summed E-state index contributed by atoms with van der Waals surface area (Å²) in [7, 11) is 0. The van der Waals surface area contributed by atoms with Crippen molar-refractivity contribution in [1.29, 1.82) is 0 Å². The van der Waals surface area contributed by atoms with Crippen LogP contribution in [-0.4, -0.2) is 23.0 Å². The highest BCUT2D eigenvalue weighted by molar-refractivity contribution is 7.80. The van der Waals surface area contributed by atoms with E-state index in [2.05, 4.69) is 42.2 Å². The van der Waals surface area contributed by atoms with Crippen LogP contribution in [0.2, 0.25) is 0 Å². The van der Waals surface area contributed by atoms with Crippen LogP contribution in [0.4, 0.5) is 0 Å². The minimum absolute atomic E-state index is 0.361. The molecular weight excluding hydrogens is 240 g/mol. The molecule has 3 heteroatoms. The Labute approximate surface area is 115 Å². The van der Waals surface area contributed by atoms with Crippen LogP contribution in [0.3, 0.4) is 0 Å². The molecule has 2 unspecified atom stereocenters. The molecule has 2 rings (SSSR count). The first-order chi connectivity index (χ1) is 8.70. The fraction of sp³-hybridized carbons (Fsp3) is 0.533. The maximum absolute atomic E-state index is 5.77. The SMILES string of the molecule is CCC1CCN(C(CC(N)=S)c2ccccc2)C1. The summed E-state index contributed by atoms with van der Waals surface area (Å²) in [6.07, 6.45) is 3.36. The van der Waals surface area contributed by atoms with E-state index in [0.717, 1.165) is 12.3 Å². The van der Waals surface area contributed by atoms with E-state index in [4.69, 9.17) is 18.0 Å². The van der Waals surface area contributed by atoms with Crippen molar-refractivity contribution in [3.05, 3.63) is 35.9 Å². The Kier molecular flexibility index (Phi) is 4.72. The van der Waals surface area contributed by atoms with Crippen LogP contribution in [0.25, 0.3) is 0 Å². The smallest absolute Gasteiger partial charge is 0.0746 e. The molecule has 1 fully saturated rings. The Morgan fingerprint density at radius 1 is 1.44 bits per heavy atom. The van der Waals surface area contributed by atoms with Gasteiger partial charge in [-0.3, -0.25) is 4.90 Å². The van der Waals surface area contributed by atoms with Gasteiger partial charge >= 0.3 is 0 Å². The summed E-state index contributed by atoms with van der Waals surface area (Å²) in [5.74, 6) is 0.836. The van der Waals surface area contributed by atoms with Crippen molar-refractivity contribution in [1.82, 2.24) is 4.90 Å². The van der Waals surface area contributed by atoms with Gasteiger partial charge in [-0.05, 0) is 24.4 Å². The zero-order chi connectivity index (χ0) is 13.0. The topological polar surface area (TPSA) is 29.3 Å². The molecule has 0 amide bonds. The lowest BCUT2D eigenvalue weighted by atomic mass is 10.0. The molecule has 2 atom stereocenters. The predicted molar refractivity (Wildman–Crippen MR) is 80.6 cm³/mol. The highest BCUT2D eigenvalue weighted by atomic mass is 32.1. The number of nitrogens with zero attached hydrogens (tertiary/aromatic N) is 1. The second kappa shape index (κ2) is 6.30. The summed E-state index contributed by atoms with van der Waals surface area (Å²) < 4.78 is 0. The predicted octanol–water partition coefficient (Wildman–Crippen LogP) is 3.14. The van der Waals surface area contributed by atoms with Gasteiger partial charge in [-0.25, -0.2) is 0 Å². The van der Waals surface area contributed by atoms with E-state index in [1.165, 1.54) is 31.5 Å². The number of thiocarbonyl (C=S) groups is 1. The molecule has 0 bridgehead atoms. The molecule has 1 aromatic carbocycles. The third-order valence-corrected chi connectivity index (χ3v) is 4.08. The molecule has 18 heavy (non-hydrogen) atoms. The van der Waals surface area contributed by atoms with E-state index < -0.39 is 0 Å². The normalized spacial score (nSPS) is 21.9. The van der Waals surface area contributed by atoms with Gasteiger partial charge in [0, 0.05) is 19.0 Å². The van der Waals surface area contributed by atoms with Crippen molar-refractivity contribution in [3.63, 3.8) is 0 Å². The zero-order valence-electron chi connectivity index (χ0n) is 11.0. The number of benzene rings is 1. The van der Waals surface area contributed by atoms with Crippen LogP contribution in [0.5, 0.6) is 0 Å². The van der Waals surface area contributed by atoms with Crippen LogP contribution < -0.4 is 5.73 Å². The average Bonchev–Trinajstić information content (AvgIpc) is 2.85. The van der Waals surface area contributed by atoms with Crippen molar-refractivity contribution in [2.45, 2.75) is 32.2 Å². The molecule has 0 aliphatic carbocycles. The van der Waals surface area contributed by atoms with Crippen LogP contribution in [0, 0.1) is 5.92 Å². The van der Waals surface area contributed by atoms with E-state index in [1.807, 2.05) is 0 Å². The summed E-state index contributed by atoms with van der Waals surface area (Å²) in [4.78, 5) is 3.16. The van der Waals surface area contributed by atoms with Gasteiger partial charge in [-0.2, -0.15) is 0 Å². The first kappa shape index (κ1) is 13.5. The van der Waals surface area contributed by atoms with Crippen molar-refractivity contribution in [3.8, 4) is 0 Å². The Morgan fingerprint density at radius 3 is 2.72 bits per heavy atom. The van der Waals surface area contributed by atoms with E-state index in [0.29, 0.717) is 11.0 Å². The maximum Gasteiger partial charge on any atom is 0.0746 e. The number of hydrogen-bond acceptors (Lipinski definition) is 2. The zero-order valence-corrected chi connectivity index (χ0v) is 11.8. The number of hydrogen-bond donors (Lipinski definition) is 1. The molecule has 2 N–H and O–H groups in total. The first-order valence-electron chi connectivity index (χ1n) is 6.78. The number of nitrogens with two attached hydrogens (primary N) is 1. The Hall–Kier alpha value is -0.930. The summed E-state index contributed by atoms with van der Waals surface area (Å²) in [6, 6.07) is 11.0. The lowest BCUT2D eigenvalue weighted by molar-refractivity contribution is 0.241. The summed E-state index contributed by atoms with van der Waals surface area (Å²) >= 11 is 5.12. The van der Waals surface area contributed by atoms with Crippen LogP contribution >= 0.6 is 12.2 Å². The van der Waals surface area contributed by atoms with Crippen LogP contribution in [0.15, 0.2) is 30.3 Å². The second-order valence-electron chi connectivity index (χ2n) is 5.15. The van der Waals surface area contributed by atoms with Gasteiger partial charge in [0.1, 0.15) is 0 Å². The van der Waals surface area contributed by atoms with Gasteiger partial charge in [-0.1, -0.05) is 55.9 Å². The third kappa shape index (κ3) is 3.30. The Balaban J connectivity index is 2.13. The fourth-order valence-corrected chi connectivity index (χ4v) is 2.96. The number of rotatable bonds is 5.